The fourth-order valence-corrected chi connectivity index (χ4v) is 3.66. The molecular formula is C18H27NO4S. The lowest BCUT2D eigenvalue weighted by atomic mass is 10.1. The highest BCUT2D eigenvalue weighted by molar-refractivity contribution is 7.12. The minimum Gasteiger partial charge on any atom is -0.456 e. The van der Waals surface area contributed by atoms with Crippen LogP contribution in [-0.2, 0) is 14.3 Å². The van der Waals surface area contributed by atoms with E-state index in [9.17, 15) is 14.4 Å². The van der Waals surface area contributed by atoms with Crippen LogP contribution in [0.5, 0.6) is 0 Å². The molecule has 24 heavy (non-hydrogen) atoms. The van der Waals surface area contributed by atoms with Gasteiger partial charge in [-0.25, -0.2) is 0 Å². The first-order valence-electron chi connectivity index (χ1n) is 8.20. The third kappa shape index (κ3) is 5.74. The zero-order chi connectivity index (χ0) is 18.4. The van der Waals surface area contributed by atoms with Crippen LogP contribution in [0.3, 0.4) is 0 Å². The van der Waals surface area contributed by atoms with Crippen LogP contribution in [0.1, 0.15) is 60.6 Å². The normalized spacial score (nSPS) is 11.0. The van der Waals surface area contributed by atoms with Gasteiger partial charge < -0.3 is 9.64 Å². The number of esters is 1. The second-order valence-corrected chi connectivity index (χ2v) is 7.86. The Kier molecular flexibility index (Phi) is 7.60. The molecule has 0 aromatic carbocycles. The minimum absolute atomic E-state index is 0.0101. The molecule has 0 aliphatic heterocycles. The first-order chi connectivity index (χ1) is 11.1. The summed E-state index contributed by atoms with van der Waals surface area (Å²) in [5.41, 5.74) is 0.673. The van der Waals surface area contributed by atoms with E-state index in [1.54, 1.807) is 16.2 Å². The highest BCUT2D eigenvalue weighted by Crippen LogP contribution is 2.22. The Balaban J connectivity index is 2.45. The van der Waals surface area contributed by atoms with E-state index in [4.69, 9.17) is 4.74 Å². The smallest absolute Gasteiger partial charge is 0.306 e. The Morgan fingerprint density at radius 2 is 1.67 bits per heavy atom. The first-order valence-corrected chi connectivity index (χ1v) is 9.02. The Bertz CT molecular complexity index is 596. The molecule has 1 amide bonds. The lowest BCUT2D eigenvalue weighted by Gasteiger charge is -2.30. The third-order valence-electron chi connectivity index (χ3n) is 3.65. The Hall–Kier alpha value is -1.69. The van der Waals surface area contributed by atoms with Crippen LogP contribution in [0, 0.1) is 13.8 Å². The number of nitrogens with zero attached hydrogens (tertiary/aromatic N) is 1. The number of ether oxygens (including phenoxy) is 1. The number of amides is 1. The molecule has 1 aromatic rings. The van der Waals surface area contributed by atoms with E-state index in [2.05, 4.69) is 0 Å². The molecule has 0 unspecified atom stereocenters. The van der Waals surface area contributed by atoms with Gasteiger partial charge in [-0.15, -0.1) is 11.3 Å². The molecule has 6 heteroatoms. The highest BCUT2D eigenvalue weighted by Gasteiger charge is 2.21. The average Bonchev–Trinajstić information content (AvgIpc) is 2.80. The third-order valence-corrected chi connectivity index (χ3v) is 4.62. The summed E-state index contributed by atoms with van der Waals surface area (Å²) >= 11 is 1.57. The van der Waals surface area contributed by atoms with E-state index >= 15 is 0 Å². The Morgan fingerprint density at radius 3 is 2.12 bits per heavy atom. The minimum atomic E-state index is -0.520. The standard InChI is InChI=1S/C18H27NO4S/c1-11(2)19(12(3)4)17(21)10-23-18(22)8-7-16(20)15-9-13(5)24-14(15)6/h9,11-12H,7-8,10H2,1-6H3. The number of carbonyl (C=O) groups is 3. The number of thiophene rings is 1. The maximum Gasteiger partial charge on any atom is 0.306 e. The maximum atomic E-state index is 12.1. The lowest BCUT2D eigenvalue weighted by Crippen LogP contribution is -2.44. The van der Waals surface area contributed by atoms with Gasteiger partial charge >= 0.3 is 5.97 Å². The van der Waals surface area contributed by atoms with Gasteiger partial charge in [-0.2, -0.15) is 0 Å². The molecule has 0 spiro atoms. The Labute approximate surface area is 148 Å². The van der Waals surface area contributed by atoms with Gasteiger partial charge in [0.1, 0.15) is 0 Å². The van der Waals surface area contributed by atoms with Crippen molar-refractivity contribution in [2.75, 3.05) is 6.61 Å². The van der Waals surface area contributed by atoms with Gasteiger partial charge in [0, 0.05) is 33.8 Å². The number of hydrogen-bond donors (Lipinski definition) is 0. The number of aryl methyl sites for hydroxylation is 2. The van der Waals surface area contributed by atoms with Gasteiger partial charge in [0.05, 0.1) is 6.42 Å². The van der Waals surface area contributed by atoms with Crippen molar-refractivity contribution in [2.24, 2.45) is 0 Å². The first kappa shape index (κ1) is 20.4. The second kappa shape index (κ2) is 8.97. The molecule has 0 bridgehead atoms. The molecule has 0 N–H and O–H groups in total. The summed E-state index contributed by atoms with van der Waals surface area (Å²) in [5, 5.41) is 0. The topological polar surface area (TPSA) is 63.7 Å². The summed E-state index contributed by atoms with van der Waals surface area (Å²) in [4.78, 5) is 39.8. The van der Waals surface area contributed by atoms with Crippen molar-refractivity contribution < 1.29 is 19.1 Å². The van der Waals surface area contributed by atoms with Crippen molar-refractivity contribution in [1.29, 1.82) is 0 Å². The number of hydrogen-bond acceptors (Lipinski definition) is 5. The SMILES string of the molecule is Cc1cc(C(=O)CCC(=O)OCC(=O)N(C(C)C)C(C)C)c(C)s1. The van der Waals surface area contributed by atoms with E-state index < -0.39 is 5.97 Å². The van der Waals surface area contributed by atoms with Gasteiger partial charge in [0.15, 0.2) is 12.4 Å². The van der Waals surface area contributed by atoms with Crippen LogP contribution in [0.15, 0.2) is 6.07 Å². The predicted octanol–water partition coefficient (Wildman–Crippen LogP) is 3.52. The van der Waals surface area contributed by atoms with Crippen LogP contribution in [-0.4, -0.2) is 41.3 Å². The summed E-state index contributed by atoms with van der Waals surface area (Å²) in [7, 11) is 0. The predicted molar refractivity (Wildman–Crippen MR) is 95.4 cm³/mol. The fourth-order valence-electron chi connectivity index (χ4n) is 2.72. The average molecular weight is 353 g/mol. The Morgan fingerprint density at radius 1 is 1.08 bits per heavy atom. The molecule has 1 aromatic heterocycles. The van der Waals surface area contributed by atoms with Crippen LogP contribution in [0.2, 0.25) is 0 Å². The zero-order valence-corrected chi connectivity index (χ0v) is 16.2. The summed E-state index contributed by atoms with van der Waals surface area (Å²) in [6.07, 6.45) is 0.0892. The largest absolute Gasteiger partial charge is 0.456 e. The molecule has 0 saturated heterocycles. The van der Waals surface area contributed by atoms with Gasteiger partial charge in [-0.1, -0.05) is 0 Å². The molecule has 5 nitrogen and oxygen atoms in total. The van der Waals surface area contributed by atoms with Gasteiger partial charge in [-0.05, 0) is 47.6 Å². The zero-order valence-electron chi connectivity index (χ0n) is 15.3. The molecule has 134 valence electrons. The van der Waals surface area contributed by atoms with Crippen LogP contribution >= 0.6 is 11.3 Å². The highest BCUT2D eigenvalue weighted by atomic mass is 32.1. The molecule has 0 radical (unpaired) electrons. The van der Waals surface area contributed by atoms with Crippen molar-refractivity contribution in [3.05, 3.63) is 21.4 Å². The molecule has 1 heterocycles. The number of carbonyl (C=O) groups excluding carboxylic acids is 3. The number of rotatable bonds is 8. The van der Waals surface area contributed by atoms with Crippen molar-refractivity contribution in [2.45, 2.75) is 66.5 Å². The molecule has 1 rings (SSSR count). The molecule has 0 atom stereocenters. The fraction of sp³-hybridized carbons (Fsp3) is 0.611. The molecule has 0 fully saturated rings. The van der Waals surface area contributed by atoms with E-state index in [1.165, 1.54) is 0 Å². The monoisotopic (exact) mass is 353 g/mol. The van der Waals surface area contributed by atoms with Crippen molar-refractivity contribution >= 4 is 29.0 Å². The van der Waals surface area contributed by atoms with E-state index in [-0.39, 0.29) is 43.2 Å². The summed E-state index contributed by atoms with van der Waals surface area (Å²) < 4.78 is 5.03. The second-order valence-electron chi connectivity index (χ2n) is 6.40. The summed E-state index contributed by atoms with van der Waals surface area (Å²) in [5.74, 6) is -0.802. The van der Waals surface area contributed by atoms with Gasteiger partial charge in [0.25, 0.3) is 5.91 Å². The van der Waals surface area contributed by atoms with Crippen LogP contribution < -0.4 is 0 Å². The van der Waals surface area contributed by atoms with E-state index in [0.29, 0.717) is 5.56 Å². The summed E-state index contributed by atoms with van der Waals surface area (Å²) in [6.45, 7) is 11.2. The molecule has 0 saturated carbocycles. The molecular weight excluding hydrogens is 326 g/mol. The van der Waals surface area contributed by atoms with E-state index in [0.717, 1.165) is 9.75 Å². The lowest BCUT2D eigenvalue weighted by molar-refractivity contribution is -0.153. The van der Waals surface area contributed by atoms with Gasteiger partial charge in [-0.3, -0.25) is 14.4 Å². The van der Waals surface area contributed by atoms with Crippen LogP contribution in [0.25, 0.3) is 0 Å². The number of ketones is 1. The quantitative estimate of drug-likeness (QED) is 0.530. The summed E-state index contributed by atoms with van der Waals surface area (Å²) in [6, 6.07) is 1.94. The maximum absolute atomic E-state index is 12.1. The van der Waals surface area contributed by atoms with Crippen molar-refractivity contribution in [3.8, 4) is 0 Å². The van der Waals surface area contributed by atoms with Crippen molar-refractivity contribution in [1.82, 2.24) is 4.90 Å². The van der Waals surface area contributed by atoms with Gasteiger partial charge in [0.2, 0.25) is 0 Å². The molecule has 0 aliphatic carbocycles. The van der Waals surface area contributed by atoms with Crippen LogP contribution in [0.4, 0.5) is 0 Å². The van der Waals surface area contributed by atoms with E-state index in [1.807, 2.05) is 47.6 Å². The molecule has 0 aliphatic rings. The number of Topliss-reactive ketones (excluding diaryl/α,β-unsaturated/α-hetero) is 1. The van der Waals surface area contributed by atoms with Crippen molar-refractivity contribution in [3.63, 3.8) is 0 Å².